The lowest BCUT2D eigenvalue weighted by Crippen LogP contribution is -2.35. The van der Waals surface area contributed by atoms with Crippen molar-refractivity contribution in [2.24, 2.45) is 0 Å². The number of hydrogen-bond donors (Lipinski definition) is 2. The number of esters is 1. The second-order valence-electron chi connectivity index (χ2n) is 5.13. The van der Waals surface area contributed by atoms with Crippen molar-refractivity contribution < 1.29 is 27.9 Å². The molecule has 0 fully saturated rings. The largest absolute Gasteiger partial charge is 0.467 e. The maximum absolute atomic E-state index is 13.4. The average Bonchev–Trinajstić information content (AvgIpc) is 3.13. The van der Waals surface area contributed by atoms with E-state index in [1.165, 1.54) is 24.5 Å². The Morgan fingerprint density at radius 2 is 1.96 bits per heavy atom. The summed E-state index contributed by atoms with van der Waals surface area (Å²) in [5.74, 6) is -2.20. The minimum absolute atomic E-state index is 0.180. The van der Waals surface area contributed by atoms with Crippen LogP contribution in [0.4, 0.5) is 4.39 Å². The molecule has 1 heterocycles. The van der Waals surface area contributed by atoms with Gasteiger partial charge in [-0.2, -0.15) is 0 Å². The molecule has 8 heteroatoms. The van der Waals surface area contributed by atoms with Crippen molar-refractivity contribution in [2.45, 2.75) is 13.0 Å². The molecule has 2 amide bonds. The maximum atomic E-state index is 13.4. The Labute approximate surface area is 143 Å². The quantitative estimate of drug-likeness (QED) is 0.740. The Hall–Kier alpha value is -3.16. The normalized spacial score (nSPS) is 11.4. The van der Waals surface area contributed by atoms with Crippen molar-refractivity contribution in [3.05, 3.63) is 59.8 Å². The number of furan rings is 1. The van der Waals surface area contributed by atoms with E-state index >= 15 is 0 Å². The molecule has 1 aromatic carbocycles. The summed E-state index contributed by atoms with van der Waals surface area (Å²) in [5.41, 5.74) is -0.180. The highest BCUT2D eigenvalue weighted by Gasteiger charge is 2.15. The second-order valence-corrected chi connectivity index (χ2v) is 5.13. The molecular formula is C17H17FN2O5. The van der Waals surface area contributed by atoms with Crippen LogP contribution in [0.1, 0.15) is 29.1 Å². The minimum atomic E-state index is -0.814. The molecule has 0 saturated carbocycles. The molecule has 0 spiro atoms. The van der Waals surface area contributed by atoms with Gasteiger partial charge < -0.3 is 19.8 Å². The number of carbonyl (C=O) groups is 3. The summed E-state index contributed by atoms with van der Waals surface area (Å²) in [6.45, 7) is 0.737. The van der Waals surface area contributed by atoms with Gasteiger partial charge in [-0.1, -0.05) is 12.1 Å². The summed E-state index contributed by atoms with van der Waals surface area (Å²) in [5, 5.41) is 4.82. The fourth-order valence-corrected chi connectivity index (χ4v) is 1.98. The monoisotopic (exact) mass is 348 g/mol. The van der Waals surface area contributed by atoms with Crippen LogP contribution >= 0.6 is 0 Å². The molecule has 0 unspecified atom stereocenters. The zero-order chi connectivity index (χ0) is 18.2. The van der Waals surface area contributed by atoms with Crippen LogP contribution in [-0.4, -0.2) is 30.9 Å². The van der Waals surface area contributed by atoms with Crippen molar-refractivity contribution in [2.75, 3.05) is 13.2 Å². The molecule has 0 bridgehead atoms. The molecule has 0 aliphatic rings. The molecule has 0 aliphatic carbocycles. The van der Waals surface area contributed by atoms with Gasteiger partial charge in [-0.25, -0.2) is 4.39 Å². The molecule has 25 heavy (non-hydrogen) atoms. The van der Waals surface area contributed by atoms with Crippen LogP contribution in [0.5, 0.6) is 0 Å². The molecule has 0 radical (unpaired) electrons. The number of rotatable bonds is 7. The van der Waals surface area contributed by atoms with E-state index < -0.39 is 36.8 Å². The summed E-state index contributed by atoms with van der Waals surface area (Å²) >= 11 is 0. The average molecular weight is 348 g/mol. The first kappa shape index (κ1) is 18.2. The molecule has 2 rings (SSSR count). The van der Waals surface area contributed by atoms with Crippen molar-refractivity contribution in [3.63, 3.8) is 0 Å². The third-order valence-corrected chi connectivity index (χ3v) is 3.22. The van der Waals surface area contributed by atoms with Crippen LogP contribution in [0.15, 0.2) is 47.1 Å². The number of carbonyl (C=O) groups excluding carboxylic acids is 3. The standard InChI is InChI=1S/C17H17FN2O5/c1-11(14-7-4-8-24-14)20-15(21)10-25-16(22)9-19-17(23)12-5-2-3-6-13(12)18/h2-8,11H,9-10H2,1H3,(H,19,23)(H,20,21)/t11-/m0/s1. The third kappa shape index (κ3) is 5.45. The first-order valence-electron chi connectivity index (χ1n) is 7.48. The van der Waals surface area contributed by atoms with Gasteiger partial charge in [0.2, 0.25) is 0 Å². The number of hydrogen-bond acceptors (Lipinski definition) is 5. The Morgan fingerprint density at radius 3 is 2.64 bits per heavy atom. The van der Waals surface area contributed by atoms with Crippen LogP contribution in [0.2, 0.25) is 0 Å². The van der Waals surface area contributed by atoms with Crippen molar-refractivity contribution >= 4 is 17.8 Å². The van der Waals surface area contributed by atoms with Crippen LogP contribution in [0, 0.1) is 5.82 Å². The highest BCUT2D eigenvalue weighted by atomic mass is 19.1. The molecule has 0 saturated heterocycles. The van der Waals surface area contributed by atoms with Gasteiger partial charge in [0.15, 0.2) is 6.61 Å². The molecule has 2 aromatic rings. The summed E-state index contributed by atoms with van der Waals surface area (Å²) in [7, 11) is 0. The Kier molecular flexibility index (Phi) is 6.27. The summed E-state index contributed by atoms with van der Waals surface area (Å²) in [6, 6.07) is 8.40. The zero-order valence-corrected chi connectivity index (χ0v) is 13.5. The van der Waals surface area contributed by atoms with Gasteiger partial charge in [-0.3, -0.25) is 14.4 Å². The van der Waals surface area contributed by atoms with Crippen molar-refractivity contribution in [3.8, 4) is 0 Å². The Morgan fingerprint density at radius 1 is 1.20 bits per heavy atom. The first-order valence-corrected chi connectivity index (χ1v) is 7.48. The smallest absolute Gasteiger partial charge is 0.325 e. The summed E-state index contributed by atoms with van der Waals surface area (Å²) in [4.78, 5) is 35.0. The van der Waals surface area contributed by atoms with Crippen molar-refractivity contribution in [1.29, 1.82) is 0 Å². The third-order valence-electron chi connectivity index (χ3n) is 3.22. The molecule has 132 valence electrons. The van der Waals surface area contributed by atoms with E-state index in [1.807, 2.05) is 0 Å². The lowest BCUT2D eigenvalue weighted by atomic mass is 10.2. The van der Waals surface area contributed by atoms with E-state index in [0.717, 1.165) is 6.07 Å². The summed E-state index contributed by atoms with van der Waals surface area (Å²) in [6.07, 6.45) is 1.48. The Balaban J connectivity index is 1.71. The lowest BCUT2D eigenvalue weighted by molar-refractivity contribution is -0.147. The van der Waals surface area contributed by atoms with Crippen LogP contribution < -0.4 is 10.6 Å². The lowest BCUT2D eigenvalue weighted by Gasteiger charge is -2.11. The van der Waals surface area contributed by atoms with E-state index in [1.54, 1.807) is 19.1 Å². The van der Waals surface area contributed by atoms with E-state index in [-0.39, 0.29) is 11.6 Å². The number of benzene rings is 1. The topological polar surface area (TPSA) is 97.6 Å². The molecule has 1 aromatic heterocycles. The second kappa shape index (κ2) is 8.62. The number of ether oxygens (including phenoxy) is 1. The van der Waals surface area contributed by atoms with Gasteiger partial charge in [0.1, 0.15) is 18.1 Å². The fourth-order valence-electron chi connectivity index (χ4n) is 1.98. The molecular weight excluding hydrogens is 331 g/mol. The van der Waals surface area contributed by atoms with Crippen LogP contribution in [0.25, 0.3) is 0 Å². The molecule has 2 N–H and O–H groups in total. The summed E-state index contributed by atoms with van der Waals surface area (Å²) < 4.78 is 23.3. The first-order chi connectivity index (χ1) is 12.0. The van der Waals surface area contributed by atoms with Gasteiger partial charge in [-0.15, -0.1) is 0 Å². The van der Waals surface area contributed by atoms with Gasteiger partial charge >= 0.3 is 5.97 Å². The number of halogens is 1. The number of amides is 2. The predicted molar refractivity (Wildman–Crippen MR) is 85.0 cm³/mol. The molecule has 0 aliphatic heterocycles. The van der Waals surface area contributed by atoms with Gasteiger partial charge in [-0.05, 0) is 31.2 Å². The van der Waals surface area contributed by atoms with E-state index in [9.17, 15) is 18.8 Å². The van der Waals surface area contributed by atoms with Gasteiger partial charge in [0.05, 0.1) is 17.9 Å². The van der Waals surface area contributed by atoms with E-state index in [2.05, 4.69) is 10.6 Å². The van der Waals surface area contributed by atoms with Gasteiger partial charge in [0, 0.05) is 0 Å². The van der Waals surface area contributed by atoms with Gasteiger partial charge in [0.25, 0.3) is 11.8 Å². The predicted octanol–water partition coefficient (Wildman–Crippen LogP) is 1.57. The highest BCUT2D eigenvalue weighted by molar-refractivity contribution is 5.96. The maximum Gasteiger partial charge on any atom is 0.325 e. The van der Waals surface area contributed by atoms with E-state index in [4.69, 9.17) is 9.15 Å². The minimum Gasteiger partial charge on any atom is -0.467 e. The van der Waals surface area contributed by atoms with E-state index in [0.29, 0.717) is 5.76 Å². The number of nitrogens with one attached hydrogen (secondary N) is 2. The van der Waals surface area contributed by atoms with Crippen LogP contribution in [-0.2, 0) is 14.3 Å². The van der Waals surface area contributed by atoms with Crippen LogP contribution in [0.3, 0.4) is 0 Å². The fraction of sp³-hybridized carbons (Fsp3) is 0.235. The highest BCUT2D eigenvalue weighted by Crippen LogP contribution is 2.11. The Bertz CT molecular complexity index is 745. The van der Waals surface area contributed by atoms with Crippen molar-refractivity contribution in [1.82, 2.24) is 10.6 Å². The molecule has 7 nitrogen and oxygen atoms in total. The SMILES string of the molecule is C[C@H](NC(=O)COC(=O)CNC(=O)c1ccccc1F)c1ccco1. The molecule has 1 atom stereocenters. The zero-order valence-electron chi connectivity index (χ0n) is 13.5.